The van der Waals surface area contributed by atoms with E-state index >= 15 is 0 Å². The monoisotopic (exact) mass is 343 g/mol. The summed E-state index contributed by atoms with van der Waals surface area (Å²) in [6.07, 6.45) is 0. The van der Waals surface area contributed by atoms with Gasteiger partial charge in [0.05, 0.1) is 16.6 Å². The lowest BCUT2D eigenvalue weighted by Gasteiger charge is -2.07. The Balaban J connectivity index is 1.86. The highest BCUT2D eigenvalue weighted by Crippen LogP contribution is 2.24. The van der Waals surface area contributed by atoms with Gasteiger partial charge in [0.1, 0.15) is 5.65 Å². The summed E-state index contributed by atoms with van der Waals surface area (Å²) in [5, 5.41) is 19.4. The summed E-state index contributed by atoms with van der Waals surface area (Å²) in [4.78, 5) is 12.8. The van der Waals surface area contributed by atoms with Crippen molar-refractivity contribution in [1.29, 1.82) is 0 Å². The van der Waals surface area contributed by atoms with Gasteiger partial charge in [-0.25, -0.2) is 4.52 Å². The van der Waals surface area contributed by atoms with E-state index in [4.69, 9.17) is 5.10 Å². The molecule has 0 aliphatic heterocycles. The van der Waals surface area contributed by atoms with Crippen LogP contribution in [0, 0.1) is 0 Å². The van der Waals surface area contributed by atoms with Gasteiger partial charge in [-0.2, -0.15) is 10.3 Å². The third-order valence-electron chi connectivity index (χ3n) is 4.47. The number of aromatic amines is 1. The Hall–Kier alpha value is -3.81. The molecule has 0 spiro atoms. The van der Waals surface area contributed by atoms with Crippen LogP contribution in [0.15, 0.2) is 59.4 Å². The highest BCUT2D eigenvalue weighted by Gasteiger charge is 2.14. The number of benzene rings is 2. The van der Waals surface area contributed by atoms with E-state index in [0.29, 0.717) is 22.4 Å². The first-order valence-corrected chi connectivity index (χ1v) is 8.04. The summed E-state index contributed by atoms with van der Waals surface area (Å²) < 4.78 is 3.39. The fourth-order valence-electron chi connectivity index (χ4n) is 3.13. The fourth-order valence-corrected chi connectivity index (χ4v) is 3.13. The summed E-state index contributed by atoms with van der Waals surface area (Å²) in [6, 6.07) is 17.2. The van der Waals surface area contributed by atoms with Crippen LogP contribution in [0.5, 0.6) is 0 Å². The Morgan fingerprint density at radius 3 is 2.62 bits per heavy atom. The summed E-state index contributed by atoms with van der Waals surface area (Å²) in [7, 11) is 1.75. The first-order valence-electron chi connectivity index (χ1n) is 8.04. The molecule has 3 heterocycles. The van der Waals surface area contributed by atoms with Gasteiger partial charge in [-0.3, -0.25) is 9.36 Å². The highest BCUT2D eigenvalue weighted by molar-refractivity contribution is 5.85. The molecule has 26 heavy (non-hydrogen) atoms. The fraction of sp³-hybridized carbons (Fsp3) is 0.0556. The van der Waals surface area contributed by atoms with Crippen molar-refractivity contribution in [3.05, 3.63) is 65.0 Å². The molecular weight excluding hydrogens is 330 g/mol. The Kier molecular flexibility index (Phi) is 2.99. The second-order valence-electron chi connectivity index (χ2n) is 6.00. The number of aryl methyl sites for hydroxylation is 1. The number of H-pyrrole nitrogens is 1. The molecule has 8 nitrogen and oxygen atoms in total. The minimum atomic E-state index is -0.0772. The van der Waals surface area contributed by atoms with Crippen molar-refractivity contribution >= 4 is 16.6 Å². The van der Waals surface area contributed by atoms with E-state index in [9.17, 15) is 4.79 Å². The second-order valence-corrected chi connectivity index (χ2v) is 6.00. The first kappa shape index (κ1) is 14.5. The van der Waals surface area contributed by atoms with E-state index in [2.05, 4.69) is 20.6 Å². The average Bonchev–Trinajstić information content (AvgIpc) is 3.36. The van der Waals surface area contributed by atoms with E-state index in [1.165, 1.54) is 0 Å². The summed E-state index contributed by atoms with van der Waals surface area (Å²) in [5.74, 6) is 0.469. The van der Waals surface area contributed by atoms with Crippen LogP contribution in [0.4, 0.5) is 0 Å². The molecule has 0 atom stereocenters. The molecule has 0 amide bonds. The molecule has 0 saturated carbocycles. The van der Waals surface area contributed by atoms with Gasteiger partial charge in [0.25, 0.3) is 5.56 Å². The lowest BCUT2D eigenvalue weighted by Crippen LogP contribution is -2.19. The molecule has 0 aliphatic rings. The van der Waals surface area contributed by atoms with E-state index in [1.807, 2.05) is 48.5 Å². The van der Waals surface area contributed by atoms with Crippen molar-refractivity contribution in [1.82, 2.24) is 34.8 Å². The van der Waals surface area contributed by atoms with Crippen LogP contribution in [-0.4, -0.2) is 34.8 Å². The van der Waals surface area contributed by atoms with Gasteiger partial charge in [0.2, 0.25) is 5.82 Å². The number of tetrazole rings is 1. The topological polar surface area (TPSA) is 93.8 Å². The van der Waals surface area contributed by atoms with Gasteiger partial charge < -0.3 is 0 Å². The molecule has 5 rings (SSSR count). The van der Waals surface area contributed by atoms with Gasteiger partial charge >= 0.3 is 0 Å². The second kappa shape index (κ2) is 5.35. The van der Waals surface area contributed by atoms with Crippen molar-refractivity contribution in [3.8, 4) is 22.6 Å². The van der Waals surface area contributed by atoms with Crippen molar-refractivity contribution in [2.24, 2.45) is 7.05 Å². The third kappa shape index (κ3) is 2.05. The first-order chi connectivity index (χ1) is 12.7. The van der Waals surface area contributed by atoms with Gasteiger partial charge in [0.15, 0.2) is 0 Å². The largest absolute Gasteiger partial charge is 0.296 e. The predicted molar refractivity (Wildman–Crippen MR) is 96.5 cm³/mol. The zero-order valence-corrected chi connectivity index (χ0v) is 13.8. The Bertz CT molecular complexity index is 1300. The molecule has 0 unspecified atom stereocenters. The minimum Gasteiger partial charge on any atom is -0.296 e. The number of nitrogens with one attached hydrogen (secondary N) is 1. The van der Waals surface area contributed by atoms with Crippen LogP contribution < -0.4 is 5.56 Å². The molecule has 0 radical (unpaired) electrons. The maximum Gasteiger partial charge on any atom is 0.261 e. The lowest BCUT2D eigenvalue weighted by molar-refractivity contribution is 0.850. The quantitative estimate of drug-likeness (QED) is 0.529. The van der Waals surface area contributed by atoms with E-state index in [-0.39, 0.29) is 5.56 Å². The summed E-state index contributed by atoms with van der Waals surface area (Å²) in [5.41, 5.74) is 3.90. The van der Waals surface area contributed by atoms with Crippen LogP contribution in [-0.2, 0) is 7.05 Å². The number of aromatic nitrogens is 7. The zero-order valence-electron chi connectivity index (χ0n) is 13.8. The summed E-state index contributed by atoms with van der Waals surface area (Å²) >= 11 is 0. The summed E-state index contributed by atoms with van der Waals surface area (Å²) in [6.45, 7) is 0. The highest BCUT2D eigenvalue weighted by atomic mass is 16.1. The van der Waals surface area contributed by atoms with Gasteiger partial charge in [-0.1, -0.05) is 36.4 Å². The third-order valence-corrected chi connectivity index (χ3v) is 4.47. The smallest absolute Gasteiger partial charge is 0.261 e. The number of rotatable bonds is 2. The molecule has 3 aromatic heterocycles. The Labute approximate surface area is 146 Å². The average molecular weight is 343 g/mol. The normalized spacial score (nSPS) is 11.4. The SMILES string of the molecule is Cn1c(=O)c2ccc(-c3nn[nH]n3)cc2n2nc(-c3ccccc3)cc12. The molecule has 126 valence electrons. The Morgan fingerprint density at radius 2 is 1.85 bits per heavy atom. The standard InChI is InChI=1S/C18H13N7O/c1-24-16-10-14(11-5-3-2-4-6-11)21-25(16)15-9-12(17-19-22-23-20-17)7-8-13(15)18(24)26/h2-10H,1H3,(H,19,20,22,23). The molecule has 2 aromatic carbocycles. The molecule has 0 aliphatic carbocycles. The number of fused-ring (bicyclic) bond motifs is 3. The maximum atomic E-state index is 12.8. The number of nitrogens with zero attached hydrogens (tertiary/aromatic N) is 6. The molecule has 5 aromatic rings. The number of hydrogen-bond acceptors (Lipinski definition) is 5. The minimum absolute atomic E-state index is 0.0772. The van der Waals surface area contributed by atoms with Crippen molar-refractivity contribution in [2.75, 3.05) is 0 Å². The van der Waals surface area contributed by atoms with Crippen LogP contribution >= 0.6 is 0 Å². The van der Waals surface area contributed by atoms with Crippen LogP contribution in [0.3, 0.4) is 0 Å². The van der Waals surface area contributed by atoms with Gasteiger partial charge in [0, 0.05) is 24.2 Å². The van der Waals surface area contributed by atoms with Crippen molar-refractivity contribution in [3.63, 3.8) is 0 Å². The van der Waals surface area contributed by atoms with E-state index in [0.717, 1.165) is 16.8 Å². The molecule has 0 saturated heterocycles. The van der Waals surface area contributed by atoms with Crippen molar-refractivity contribution in [2.45, 2.75) is 0 Å². The van der Waals surface area contributed by atoms with E-state index in [1.54, 1.807) is 22.2 Å². The predicted octanol–water partition coefficient (Wildman–Crippen LogP) is 2.03. The van der Waals surface area contributed by atoms with Crippen LogP contribution in [0.2, 0.25) is 0 Å². The lowest BCUT2D eigenvalue weighted by atomic mass is 10.1. The maximum absolute atomic E-state index is 12.8. The Morgan fingerprint density at radius 1 is 1.00 bits per heavy atom. The number of hydrogen-bond donors (Lipinski definition) is 1. The van der Waals surface area contributed by atoms with Crippen molar-refractivity contribution < 1.29 is 0 Å². The van der Waals surface area contributed by atoms with Gasteiger partial charge in [-0.15, -0.1) is 10.2 Å². The van der Waals surface area contributed by atoms with Crippen LogP contribution in [0.25, 0.3) is 39.2 Å². The molecule has 0 fully saturated rings. The molecular formula is C18H13N7O. The van der Waals surface area contributed by atoms with Crippen LogP contribution in [0.1, 0.15) is 0 Å². The van der Waals surface area contributed by atoms with E-state index < -0.39 is 0 Å². The molecule has 8 heteroatoms. The van der Waals surface area contributed by atoms with Gasteiger partial charge in [-0.05, 0) is 17.3 Å². The molecule has 1 N–H and O–H groups in total. The molecule has 0 bridgehead atoms. The zero-order chi connectivity index (χ0) is 17.7.